The van der Waals surface area contributed by atoms with Crippen LogP contribution in [0.2, 0.25) is 0 Å². The molecule has 0 saturated carbocycles. The van der Waals surface area contributed by atoms with Crippen molar-refractivity contribution < 1.29 is 0 Å². The monoisotopic (exact) mass is 267 g/mol. The van der Waals surface area contributed by atoms with Crippen LogP contribution in [0.4, 0.5) is 0 Å². The van der Waals surface area contributed by atoms with Crippen molar-refractivity contribution in [1.82, 2.24) is 14.8 Å². The summed E-state index contributed by atoms with van der Waals surface area (Å²) in [5, 5.41) is 10.3. The maximum absolute atomic E-state index is 7.33. The zero-order valence-corrected chi connectivity index (χ0v) is 11.7. The van der Waals surface area contributed by atoms with Crippen LogP contribution >= 0.6 is 11.3 Å². The van der Waals surface area contributed by atoms with E-state index in [1.165, 1.54) is 13.1 Å². The zero-order chi connectivity index (χ0) is 13.0. The van der Waals surface area contributed by atoms with Crippen molar-refractivity contribution in [3.63, 3.8) is 0 Å². The Balaban J connectivity index is 1.76. The maximum atomic E-state index is 7.33. The fourth-order valence-electron chi connectivity index (χ4n) is 2.13. The molecular formula is C12H21N5S. The van der Waals surface area contributed by atoms with E-state index in [-0.39, 0.29) is 5.84 Å². The van der Waals surface area contributed by atoms with Crippen LogP contribution in [0, 0.1) is 5.41 Å². The Bertz CT molecular complexity index is 395. The Morgan fingerprint density at radius 1 is 1.39 bits per heavy atom. The minimum atomic E-state index is 0.0639. The molecule has 6 heteroatoms. The third-order valence-corrected chi connectivity index (χ3v) is 4.29. The van der Waals surface area contributed by atoms with Gasteiger partial charge in [0.05, 0.1) is 5.01 Å². The van der Waals surface area contributed by atoms with Gasteiger partial charge in [0.2, 0.25) is 0 Å². The van der Waals surface area contributed by atoms with Crippen LogP contribution in [0.1, 0.15) is 17.6 Å². The predicted octanol–water partition coefficient (Wildman–Crippen LogP) is 0.607. The SMILES string of the molecule is CCN1CCN(CCc2nc(C(=N)N)cs2)CC1. The lowest BCUT2D eigenvalue weighted by Gasteiger charge is -2.33. The van der Waals surface area contributed by atoms with Crippen LogP contribution in [0.3, 0.4) is 0 Å². The van der Waals surface area contributed by atoms with E-state index in [1.54, 1.807) is 11.3 Å². The van der Waals surface area contributed by atoms with Gasteiger partial charge in [-0.2, -0.15) is 0 Å². The number of nitrogens with zero attached hydrogens (tertiary/aromatic N) is 3. The first-order valence-electron chi connectivity index (χ1n) is 6.42. The molecule has 0 spiro atoms. The van der Waals surface area contributed by atoms with Crippen molar-refractivity contribution in [3.05, 3.63) is 16.1 Å². The largest absolute Gasteiger partial charge is 0.382 e. The van der Waals surface area contributed by atoms with Crippen molar-refractivity contribution in [2.45, 2.75) is 13.3 Å². The molecule has 1 aromatic rings. The van der Waals surface area contributed by atoms with Crippen LogP contribution in [-0.2, 0) is 6.42 Å². The van der Waals surface area contributed by atoms with E-state index in [2.05, 4.69) is 21.7 Å². The summed E-state index contributed by atoms with van der Waals surface area (Å²) in [6, 6.07) is 0. The molecule has 1 aliphatic rings. The second kappa shape index (κ2) is 6.26. The van der Waals surface area contributed by atoms with Crippen LogP contribution in [-0.4, -0.2) is 59.9 Å². The lowest BCUT2D eigenvalue weighted by atomic mass is 10.3. The third-order valence-electron chi connectivity index (χ3n) is 3.38. The Hall–Kier alpha value is -0.980. The zero-order valence-electron chi connectivity index (χ0n) is 10.9. The first-order chi connectivity index (χ1) is 8.69. The number of nitrogens with two attached hydrogens (primary N) is 1. The average Bonchev–Trinajstić information content (AvgIpc) is 2.86. The van der Waals surface area contributed by atoms with Crippen molar-refractivity contribution in [1.29, 1.82) is 5.41 Å². The Morgan fingerprint density at radius 3 is 2.61 bits per heavy atom. The molecule has 3 N–H and O–H groups in total. The lowest BCUT2D eigenvalue weighted by Crippen LogP contribution is -2.46. The number of amidine groups is 1. The summed E-state index contributed by atoms with van der Waals surface area (Å²) in [5.41, 5.74) is 6.02. The summed E-state index contributed by atoms with van der Waals surface area (Å²) in [6.07, 6.45) is 0.962. The Kier molecular flexibility index (Phi) is 4.68. The lowest BCUT2D eigenvalue weighted by molar-refractivity contribution is 0.138. The number of piperazine rings is 1. The normalized spacial score (nSPS) is 18.1. The van der Waals surface area contributed by atoms with Crippen LogP contribution in [0.25, 0.3) is 0 Å². The van der Waals surface area contributed by atoms with Gasteiger partial charge >= 0.3 is 0 Å². The first-order valence-corrected chi connectivity index (χ1v) is 7.30. The average molecular weight is 267 g/mol. The number of nitrogen functional groups attached to an aromatic ring is 1. The highest BCUT2D eigenvalue weighted by molar-refractivity contribution is 7.09. The molecular weight excluding hydrogens is 246 g/mol. The minimum absolute atomic E-state index is 0.0639. The Labute approximate surface area is 112 Å². The van der Waals surface area contributed by atoms with Crippen molar-refractivity contribution in [2.24, 2.45) is 5.73 Å². The van der Waals surface area contributed by atoms with Gasteiger partial charge in [-0.15, -0.1) is 11.3 Å². The van der Waals surface area contributed by atoms with Gasteiger partial charge in [-0.1, -0.05) is 6.92 Å². The van der Waals surface area contributed by atoms with E-state index in [4.69, 9.17) is 11.1 Å². The fraction of sp³-hybridized carbons (Fsp3) is 0.667. The van der Waals surface area contributed by atoms with Crippen LogP contribution < -0.4 is 5.73 Å². The molecule has 5 nitrogen and oxygen atoms in total. The van der Waals surface area contributed by atoms with Crippen molar-refractivity contribution >= 4 is 17.2 Å². The molecule has 0 aliphatic carbocycles. The molecule has 100 valence electrons. The number of rotatable bonds is 5. The number of hydrogen-bond donors (Lipinski definition) is 2. The minimum Gasteiger partial charge on any atom is -0.382 e. The van der Waals surface area contributed by atoms with Gasteiger partial charge in [0.15, 0.2) is 0 Å². The second-order valence-corrected chi connectivity index (χ2v) is 5.51. The van der Waals surface area contributed by atoms with Crippen molar-refractivity contribution in [2.75, 3.05) is 39.3 Å². The molecule has 0 aromatic carbocycles. The molecule has 0 amide bonds. The molecule has 0 radical (unpaired) electrons. The fourth-order valence-corrected chi connectivity index (χ4v) is 2.92. The van der Waals surface area contributed by atoms with E-state index in [0.717, 1.165) is 37.6 Å². The molecule has 0 unspecified atom stereocenters. The predicted molar refractivity (Wildman–Crippen MR) is 75.4 cm³/mol. The molecule has 1 aromatic heterocycles. The summed E-state index contributed by atoms with van der Waals surface area (Å²) >= 11 is 1.60. The highest BCUT2D eigenvalue weighted by Crippen LogP contribution is 2.11. The Morgan fingerprint density at radius 2 is 2.06 bits per heavy atom. The molecule has 18 heavy (non-hydrogen) atoms. The molecule has 1 aliphatic heterocycles. The van der Waals surface area contributed by atoms with Crippen LogP contribution in [0.5, 0.6) is 0 Å². The number of nitrogens with one attached hydrogen (secondary N) is 1. The van der Waals surface area contributed by atoms with E-state index in [9.17, 15) is 0 Å². The highest BCUT2D eigenvalue weighted by Gasteiger charge is 2.15. The summed E-state index contributed by atoms with van der Waals surface area (Å²) in [4.78, 5) is 9.32. The van der Waals surface area contributed by atoms with Gasteiger partial charge in [0, 0.05) is 44.5 Å². The van der Waals surface area contributed by atoms with Gasteiger partial charge in [0.25, 0.3) is 0 Å². The topological polar surface area (TPSA) is 69.2 Å². The summed E-state index contributed by atoms with van der Waals surface area (Å²) in [6.45, 7) is 9.08. The van der Waals surface area contributed by atoms with E-state index in [0.29, 0.717) is 5.69 Å². The van der Waals surface area contributed by atoms with Crippen LogP contribution in [0.15, 0.2) is 5.38 Å². The molecule has 2 rings (SSSR count). The van der Waals surface area contributed by atoms with E-state index >= 15 is 0 Å². The van der Waals surface area contributed by atoms with Gasteiger partial charge in [-0.3, -0.25) is 5.41 Å². The summed E-state index contributed by atoms with van der Waals surface area (Å²) in [5.74, 6) is 0.0639. The quantitative estimate of drug-likeness (QED) is 0.606. The molecule has 0 atom stereocenters. The smallest absolute Gasteiger partial charge is 0.142 e. The van der Waals surface area contributed by atoms with Crippen molar-refractivity contribution in [3.8, 4) is 0 Å². The number of thiazole rings is 1. The van der Waals surface area contributed by atoms with E-state index in [1.807, 2.05) is 5.38 Å². The van der Waals surface area contributed by atoms with Gasteiger partial charge in [0.1, 0.15) is 11.5 Å². The standard InChI is InChI=1S/C12H21N5S/c1-2-16-5-7-17(8-6-16)4-3-11-15-10(9-18-11)12(13)14/h9H,2-8H2,1H3,(H3,13,14). The molecule has 1 fully saturated rings. The first kappa shape index (κ1) is 13.5. The van der Waals surface area contributed by atoms with Gasteiger partial charge < -0.3 is 15.5 Å². The second-order valence-electron chi connectivity index (χ2n) is 4.57. The number of hydrogen-bond acceptors (Lipinski definition) is 5. The molecule has 2 heterocycles. The number of aromatic nitrogens is 1. The third kappa shape index (κ3) is 3.51. The van der Waals surface area contributed by atoms with Gasteiger partial charge in [-0.05, 0) is 6.54 Å². The summed E-state index contributed by atoms with van der Waals surface area (Å²) in [7, 11) is 0. The molecule has 0 bridgehead atoms. The number of likely N-dealkylation sites (N-methyl/N-ethyl adjacent to an activating group) is 1. The molecule has 1 saturated heterocycles. The summed E-state index contributed by atoms with van der Waals surface area (Å²) < 4.78 is 0. The van der Waals surface area contributed by atoms with E-state index < -0.39 is 0 Å². The highest BCUT2D eigenvalue weighted by atomic mass is 32.1. The maximum Gasteiger partial charge on any atom is 0.142 e. The van der Waals surface area contributed by atoms with Gasteiger partial charge in [-0.25, -0.2) is 4.98 Å².